The fourth-order valence-corrected chi connectivity index (χ4v) is 4.42. The van der Waals surface area contributed by atoms with Gasteiger partial charge in [0.25, 0.3) is 5.91 Å². The largest absolute Gasteiger partial charge is 0.315 e. The number of aromatic nitrogens is 1. The third kappa shape index (κ3) is 5.61. The van der Waals surface area contributed by atoms with E-state index in [0.29, 0.717) is 16.3 Å². The van der Waals surface area contributed by atoms with Gasteiger partial charge in [-0.3, -0.25) is 9.10 Å². The molecule has 2 aromatic carbocycles. The summed E-state index contributed by atoms with van der Waals surface area (Å²) in [6.07, 6.45) is 2.44. The second kappa shape index (κ2) is 9.76. The number of benzene rings is 2. The minimum Gasteiger partial charge on any atom is -0.315 e. The second-order valence-electron chi connectivity index (χ2n) is 7.61. The summed E-state index contributed by atoms with van der Waals surface area (Å²) in [5.41, 5.74) is 6.04. The molecule has 3 rings (SSSR count). The molecule has 0 unspecified atom stereocenters. The minimum absolute atomic E-state index is 0.278. The number of hydrazone groups is 1. The molecule has 33 heavy (non-hydrogen) atoms. The number of nitrogens with zero attached hydrogens (tertiary/aromatic N) is 3. The van der Waals surface area contributed by atoms with E-state index in [4.69, 9.17) is 11.6 Å². The lowest BCUT2D eigenvalue weighted by molar-refractivity contribution is -0.119. The third-order valence-electron chi connectivity index (χ3n) is 5.09. The lowest BCUT2D eigenvalue weighted by Crippen LogP contribution is -2.39. The molecule has 0 spiro atoms. The Labute approximate surface area is 197 Å². The summed E-state index contributed by atoms with van der Waals surface area (Å²) in [6, 6.07) is 13.0. The van der Waals surface area contributed by atoms with Crippen molar-refractivity contribution in [2.75, 3.05) is 17.1 Å². The van der Waals surface area contributed by atoms with Crippen LogP contribution in [0.25, 0.3) is 5.69 Å². The van der Waals surface area contributed by atoms with Crippen LogP contribution in [-0.2, 0) is 14.8 Å². The summed E-state index contributed by atoms with van der Waals surface area (Å²) in [4.78, 5) is 12.4. The Balaban J connectivity index is 1.76. The van der Waals surface area contributed by atoms with E-state index in [0.717, 1.165) is 27.5 Å². The summed E-state index contributed by atoms with van der Waals surface area (Å²) in [5, 5.41) is 4.35. The molecular weight excluding hydrogens is 467 g/mol. The highest BCUT2D eigenvalue weighted by Gasteiger charge is 2.21. The molecule has 0 fully saturated rings. The van der Waals surface area contributed by atoms with Gasteiger partial charge < -0.3 is 4.57 Å². The first-order valence-electron chi connectivity index (χ1n) is 9.98. The number of carbonyl (C=O) groups excluding carboxylic acids is 1. The number of amides is 1. The molecule has 0 saturated carbocycles. The van der Waals surface area contributed by atoms with Gasteiger partial charge in [0, 0.05) is 22.0 Å². The topological polar surface area (TPSA) is 83.8 Å². The molecule has 174 valence electrons. The number of halogens is 2. The molecule has 0 saturated heterocycles. The molecule has 1 aromatic heterocycles. The maximum absolute atomic E-state index is 14.2. The van der Waals surface area contributed by atoms with E-state index in [1.165, 1.54) is 18.3 Å². The second-order valence-corrected chi connectivity index (χ2v) is 9.92. The Bertz CT molecular complexity index is 1340. The molecule has 1 heterocycles. The summed E-state index contributed by atoms with van der Waals surface area (Å²) < 4.78 is 41.4. The molecule has 1 N–H and O–H groups in total. The van der Waals surface area contributed by atoms with E-state index >= 15 is 0 Å². The highest BCUT2D eigenvalue weighted by Crippen LogP contribution is 2.25. The van der Waals surface area contributed by atoms with Gasteiger partial charge in [0.05, 0.1) is 23.8 Å². The number of sulfonamides is 1. The van der Waals surface area contributed by atoms with Gasteiger partial charge in [-0.05, 0) is 56.7 Å². The maximum atomic E-state index is 14.2. The van der Waals surface area contributed by atoms with Crippen molar-refractivity contribution in [2.24, 2.45) is 5.10 Å². The Hall–Kier alpha value is -3.17. The van der Waals surface area contributed by atoms with Gasteiger partial charge in [-0.15, -0.1) is 0 Å². The van der Waals surface area contributed by atoms with Crippen LogP contribution in [0.4, 0.5) is 10.1 Å². The average Bonchev–Trinajstić information content (AvgIpc) is 3.01. The smallest absolute Gasteiger partial charge is 0.260 e. The van der Waals surface area contributed by atoms with Crippen molar-refractivity contribution in [1.29, 1.82) is 0 Å². The molecule has 0 aliphatic carbocycles. The maximum Gasteiger partial charge on any atom is 0.260 e. The molecule has 0 aliphatic rings. The Morgan fingerprint density at radius 3 is 2.52 bits per heavy atom. The van der Waals surface area contributed by atoms with Crippen molar-refractivity contribution < 1.29 is 17.6 Å². The number of anilines is 1. The zero-order valence-corrected chi connectivity index (χ0v) is 20.2. The number of rotatable bonds is 7. The van der Waals surface area contributed by atoms with Crippen LogP contribution in [0.15, 0.2) is 53.6 Å². The van der Waals surface area contributed by atoms with Crippen LogP contribution in [0.5, 0.6) is 0 Å². The van der Waals surface area contributed by atoms with E-state index < -0.39 is 22.5 Å². The lowest BCUT2D eigenvalue weighted by atomic mass is 10.2. The van der Waals surface area contributed by atoms with Crippen LogP contribution in [-0.4, -0.2) is 37.9 Å². The number of aryl methyl sites for hydroxylation is 2. The molecule has 10 heteroatoms. The fraction of sp³-hybridized carbons (Fsp3) is 0.217. The molecule has 0 aliphatic heterocycles. The van der Waals surface area contributed by atoms with Crippen molar-refractivity contribution in [3.63, 3.8) is 0 Å². The number of para-hydroxylation sites is 1. The van der Waals surface area contributed by atoms with Gasteiger partial charge in [0.2, 0.25) is 10.0 Å². The van der Waals surface area contributed by atoms with Crippen LogP contribution in [0.3, 0.4) is 0 Å². The normalized spacial score (nSPS) is 11.7. The highest BCUT2D eigenvalue weighted by molar-refractivity contribution is 7.92. The van der Waals surface area contributed by atoms with Gasteiger partial charge in [-0.25, -0.2) is 18.2 Å². The molecule has 0 radical (unpaired) electrons. The van der Waals surface area contributed by atoms with Crippen molar-refractivity contribution in [2.45, 2.75) is 20.8 Å². The molecule has 7 nitrogen and oxygen atoms in total. The van der Waals surface area contributed by atoms with E-state index in [1.807, 2.05) is 19.9 Å². The number of hydrogen-bond acceptors (Lipinski definition) is 4. The quantitative estimate of drug-likeness (QED) is 0.399. The molecule has 1 amide bonds. The molecule has 0 bridgehead atoms. The predicted octanol–water partition coefficient (Wildman–Crippen LogP) is 4.11. The molecule has 3 aromatic rings. The number of nitrogens with one attached hydrogen (secondary N) is 1. The monoisotopic (exact) mass is 490 g/mol. The van der Waals surface area contributed by atoms with E-state index in [2.05, 4.69) is 10.5 Å². The van der Waals surface area contributed by atoms with Crippen LogP contribution in [0.2, 0.25) is 5.02 Å². The number of hydrogen-bond donors (Lipinski definition) is 1. The van der Waals surface area contributed by atoms with Gasteiger partial charge in [0.15, 0.2) is 0 Å². The van der Waals surface area contributed by atoms with Gasteiger partial charge in [-0.1, -0.05) is 29.8 Å². The Morgan fingerprint density at radius 2 is 1.88 bits per heavy atom. The van der Waals surface area contributed by atoms with E-state index in [9.17, 15) is 17.6 Å². The lowest BCUT2D eigenvalue weighted by Gasteiger charge is -2.21. The zero-order chi connectivity index (χ0) is 24.3. The average molecular weight is 491 g/mol. The van der Waals surface area contributed by atoms with Gasteiger partial charge >= 0.3 is 0 Å². The summed E-state index contributed by atoms with van der Waals surface area (Å²) >= 11 is 6.11. The first kappa shape index (κ1) is 24.5. The predicted molar refractivity (Wildman–Crippen MR) is 129 cm³/mol. The molecular formula is C23H24ClFN4O3S. The van der Waals surface area contributed by atoms with E-state index in [-0.39, 0.29) is 11.5 Å². The highest BCUT2D eigenvalue weighted by atomic mass is 35.5. The SMILES string of the molecule is Cc1ccc(N(CC(=O)N/N=C\c2cc(C)n(-c3ccccc3F)c2C)S(C)(=O)=O)cc1Cl. The van der Waals surface area contributed by atoms with E-state index in [1.54, 1.807) is 41.8 Å². The Morgan fingerprint density at radius 1 is 1.18 bits per heavy atom. The summed E-state index contributed by atoms with van der Waals surface area (Å²) in [5.74, 6) is -0.982. The summed E-state index contributed by atoms with van der Waals surface area (Å²) in [7, 11) is -3.74. The number of carbonyl (C=O) groups is 1. The molecule has 0 atom stereocenters. The standard InChI is InChI=1S/C23H24ClFN4O3S/c1-15-9-10-19(12-20(15)24)28(33(4,31)32)14-23(30)27-26-13-18-11-16(2)29(17(18)3)22-8-6-5-7-21(22)25/h5-13H,14H2,1-4H3,(H,27,30)/b26-13-. The first-order chi connectivity index (χ1) is 15.5. The van der Waals surface area contributed by atoms with Gasteiger partial charge in [0.1, 0.15) is 12.4 Å². The van der Waals surface area contributed by atoms with Crippen molar-refractivity contribution in [1.82, 2.24) is 9.99 Å². The van der Waals surface area contributed by atoms with Crippen LogP contribution in [0.1, 0.15) is 22.5 Å². The van der Waals surface area contributed by atoms with Gasteiger partial charge in [-0.2, -0.15) is 5.10 Å². The minimum atomic E-state index is -3.74. The third-order valence-corrected chi connectivity index (χ3v) is 6.64. The first-order valence-corrected chi connectivity index (χ1v) is 12.2. The van der Waals surface area contributed by atoms with Crippen molar-refractivity contribution >= 4 is 39.4 Å². The van der Waals surface area contributed by atoms with Crippen LogP contribution >= 0.6 is 11.6 Å². The fourth-order valence-electron chi connectivity index (χ4n) is 3.40. The van der Waals surface area contributed by atoms with Crippen LogP contribution < -0.4 is 9.73 Å². The zero-order valence-electron chi connectivity index (χ0n) is 18.6. The van der Waals surface area contributed by atoms with Crippen LogP contribution in [0, 0.1) is 26.6 Å². The Kier molecular flexibility index (Phi) is 7.24. The van der Waals surface area contributed by atoms with Crippen molar-refractivity contribution in [3.8, 4) is 5.69 Å². The summed E-state index contributed by atoms with van der Waals surface area (Å²) in [6.45, 7) is 4.98. The van der Waals surface area contributed by atoms with Crippen molar-refractivity contribution in [3.05, 3.63) is 81.9 Å².